The molecule has 0 aliphatic rings. The van der Waals surface area contributed by atoms with E-state index >= 15 is 0 Å². The Hall–Kier alpha value is -2.59. The van der Waals surface area contributed by atoms with Crippen LogP contribution in [0.15, 0.2) is 60.7 Å². The highest BCUT2D eigenvalue weighted by atomic mass is 35.5. The number of benzene rings is 3. The SMILES string of the molecule is O=C(COc1ccc(Cl)c2ccccc12)NCc1ccc(F)cc1. The highest BCUT2D eigenvalue weighted by molar-refractivity contribution is 6.35. The van der Waals surface area contributed by atoms with Crippen molar-refractivity contribution in [1.82, 2.24) is 5.32 Å². The molecule has 3 aromatic carbocycles. The fourth-order valence-corrected chi connectivity index (χ4v) is 2.59. The molecule has 0 unspecified atom stereocenters. The molecule has 3 rings (SSSR count). The molecule has 0 spiro atoms. The summed E-state index contributed by atoms with van der Waals surface area (Å²) in [6, 6.07) is 17.1. The van der Waals surface area contributed by atoms with Gasteiger partial charge in [0.15, 0.2) is 6.61 Å². The van der Waals surface area contributed by atoms with Crippen molar-refractivity contribution in [2.45, 2.75) is 6.54 Å². The van der Waals surface area contributed by atoms with Crippen LogP contribution in [0.1, 0.15) is 5.56 Å². The molecule has 0 atom stereocenters. The van der Waals surface area contributed by atoms with E-state index in [9.17, 15) is 9.18 Å². The van der Waals surface area contributed by atoms with Crippen LogP contribution in [0.5, 0.6) is 5.75 Å². The van der Waals surface area contributed by atoms with Gasteiger partial charge in [0, 0.05) is 22.3 Å². The third-order valence-corrected chi connectivity index (χ3v) is 3.92. The van der Waals surface area contributed by atoms with Gasteiger partial charge in [-0.15, -0.1) is 0 Å². The molecule has 0 aliphatic carbocycles. The number of ether oxygens (including phenoxy) is 1. The number of hydrogen-bond donors (Lipinski definition) is 1. The lowest BCUT2D eigenvalue weighted by Gasteiger charge is -2.11. The Morgan fingerprint density at radius 2 is 1.71 bits per heavy atom. The van der Waals surface area contributed by atoms with Gasteiger partial charge in [-0.25, -0.2) is 4.39 Å². The van der Waals surface area contributed by atoms with Crippen molar-refractivity contribution in [3.8, 4) is 5.75 Å². The smallest absolute Gasteiger partial charge is 0.258 e. The molecule has 5 heteroatoms. The molecule has 3 aromatic rings. The lowest BCUT2D eigenvalue weighted by atomic mass is 10.1. The minimum absolute atomic E-state index is 0.104. The minimum Gasteiger partial charge on any atom is -0.483 e. The number of hydrogen-bond acceptors (Lipinski definition) is 2. The normalized spacial score (nSPS) is 10.6. The summed E-state index contributed by atoms with van der Waals surface area (Å²) in [4.78, 5) is 11.9. The average Bonchev–Trinajstić information content (AvgIpc) is 2.61. The Kier molecular flexibility index (Phi) is 4.96. The Balaban J connectivity index is 1.60. The fourth-order valence-electron chi connectivity index (χ4n) is 2.36. The second-order valence-corrected chi connectivity index (χ2v) is 5.69. The molecular formula is C19H15ClFNO2. The van der Waals surface area contributed by atoms with Crippen molar-refractivity contribution in [1.29, 1.82) is 0 Å². The Labute approximate surface area is 144 Å². The van der Waals surface area contributed by atoms with Crippen LogP contribution in [0, 0.1) is 5.82 Å². The van der Waals surface area contributed by atoms with E-state index in [4.69, 9.17) is 16.3 Å². The molecule has 122 valence electrons. The van der Waals surface area contributed by atoms with Crippen molar-refractivity contribution in [3.63, 3.8) is 0 Å². The van der Waals surface area contributed by atoms with Gasteiger partial charge in [0.1, 0.15) is 11.6 Å². The molecule has 0 aliphatic heterocycles. The van der Waals surface area contributed by atoms with Gasteiger partial charge in [0.2, 0.25) is 0 Å². The molecule has 0 saturated carbocycles. The van der Waals surface area contributed by atoms with Gasteiger partial charge in [0.05, 0.1) is 0 Å². The summed E-state index contributed by atoms with van der Waals surface area (Å²) in [7, 11) is 0. The molecule has 0 heterocycles. The molecule has 0 saturated heterocycles. The Bertz CT molecular complexity index is 865. The van der Waals surface area contributed by atoms with Crippen LogP contribution in [-0.2, 0) is 11.3 Å². The minimum atomic E-state index is -0.303. The first-order chi connectivity index (χ1) is 11.6. The topological polar surface area (TPSA) is 38.3 Å². The van der Waals surface area contributed by atoms with Crippen LogP contribution in [0.3, 0.4) is 0 Å². The summed E-state index contributed by atoms with van der Waals surface area (Å²) >= 11 is 6.16. The third kappa shape index (κ3) is 3.84. The van der Waals surface area contributed by atoms with Crippen molar-refractivity contribution in [2.75, 3.05) is 6.61 Å². The average molecular weight is 344 g/mol. The highest BCUT2D eigenvalue weighted by Crippen LogP contribution is 2.31. The van der Waals surface area contributed by atoms with Gasteiger partial charge in [-0.2, -0.15) is 0 Å². The van der Waals surface area contributed by atoms with Crippen molar-refractivity contribution in [3.05, 3.63) is 77.1 Å². The fraction of sp³-hybridized carbons (Fsp3) is 0.105. The van der Waals surface area contributed by atoms with E-state index in [0.29, 0.717) is 17.3 Å². The van der Waals surface area contributed by atoms with Crippen molar-refractivity contribution >= 4 is 28.3 Å². The molecule has 3 nitrogen and oxygen atoms in total. The predicted molar refractivity (Wildman–Crippen MR) is 92.7 cm³/mol. The number of carbonyl (C=O) groups excluding carboxylic acids is 1. The maximum Gasteiger partial charge on any atom is 0.258 e. The number of rotatable bonds is 5. The van der Waals surface area contributed by atoms with E-state index in [-0.39, 0.29) is 18.3 Å². The van der Waals surface area contributed by atoms with Crippen molar-refractivity contribution in [2.24, 2.45) is 0 Å². The zero-order valence-corrected chi connectivity index (χ0v) is 13.5. The van der Waals surface area contributed by atoms with Gasteiger partial charge in [-0.05, 0) is 29.8 Å². The van der Waals surface area contributed by atoms with Crippen LogP contribution >= 0.6 is 11.6 Å². The van der Waals surface area contributed by atoms with E-state index in [1.54, 1.807) is 24.3 Å². The van der Waals surface area contributed by atoms with Gasteiger partial charge in [-0.1, -0.05) is 48.0 Å². The second kappa shape index (κ2) is 7.32. The lowest BCUT2D eigenvalue weighted by molar-refractivity contribution is -0.123. The van der Waals surface area contributed by atoms with Crippen LogP contribution in [0.25, 0.3) is 10.8 Å². The number of halogens is 2. The molecule has 0 aromatic heterocycles. The first-order valence-corrected chi connectivity index (χ1v) is 7.82. The van der Waals surface area contributed by atoms with Crippen LogP contribution in [0.4, 0.5) is 4.39 Å². The number of amides is 1. The maximum atomic E-state index is 12.8. The summed E-state index contributed by atoms with van der Waals surface area (Å²) in [6.07, 6.45) is 0. The van der Waals surface area contributed by atoms with Crippen LogP contribution < -0.4 is 10.1 Å². The molecule has 0 radical (unpaired) electrons. The number of carbonyl (C=O) groups is 1. The first-order valence-electron chi connectivity index (χ1n) is 7.44. The standard InChI is InChI=1S/C19H15ClFNO2/c20-17-9-10-18(16-4-2-1-3-15(16)17)24-12-19(23)22-11-13-5-7-14(21)8-6-13/h1-10H,11-12H2,(H,22,23). The van der Waals surface area contributed by atoms with Crippen LogP contribution in [-0.4, -0.2) is 12.5 Å². The molecule has 1 amide bonds. The zero-order chi connectivity index (χ0) is 16.9. The zero-order valence-electron chi connectivity index (χ0n) is 12.8. The molecule has 0 fully saturated rings. The van der Waals surface area contributed by atoms with Gasteiger partial charge < -0.3 is 10.1 Å². The van der Waals surface area contributed by atoms with Crippen LogP contribution in [0.2, 0.25) is 5.02 Å². The Morgan fingerprint density at radius 3 is 2.46 bits per heavy atom. The summed E-state index contributed by atoms with van der Waals surface area (Å²) in [5, 5.41) is 5.11. The number of nitrogens with one attached hydrogen (secondary N) is 1. The monoisotopic (exact) mass is 343 g/mol. The second-order valence-electron chi connectivity index (χ2n) is 5.28. The van der Waals surface area contributed by atoms with E-state index in [0.717, 1.165) is 16.3 Å². The summed E-state index contributed by atoms with van der Waals surface area (Å²) in [5.74, 6) is 0.0494. The molecular weight excluding hydrogens is 329 g/mol. The lowest BCUT2D eigenvalue weighted by Crippen LogP contribution is -2.28. The predicted octanol–water partition coefficient (Wildman–Crippen LogP) is 4.33. The highest BCUT2D eigenvalue weighted by Gasteiger charge is 2.08. The summed E-state index contributed by atoms with van der Waals surface area (Å²) < 4.78 is 18.4. The summed E-state index contributed by atoms with van der Waals surface area (Å²) in [6.45, 7) is 0.219. The first kappa shape index (κ1) is 16.3. The van der Waals surface area contributed by atoms with Gasteiger partial charge >= 0.3 is 0 Å². The van der Waals surface area contributed by atoms with E-state index in [1.165, 1.54) is 12.1 Å². The van der Waals surface area contributed by atoms with E-state index < -0.39 is 0 Å². The maximum absolute atomic E-state index is 12.8. The quantitative estimate of drug-likeness (QED) is 0.749. The molecule has 1 N–H and O–H groups in total. The van der Waals surface area contributed by atoms with E-state index in [2.05, 4.69) is 5.32 Å². The Morgan fingerprint density at radius 1 is 1.00 bits per heavy atom. The molecule has 0 bridgehead atoms. The molecule has 24 heavy (non-hydrogen) atoms. The summed E-state index contributed by atoms with van der Waals surface area (Å²) in [5.41, 5.74) is 0.821. The third-order valence-electron chi connectivity index (χ3n) is 3.59. The van der Waals surface area contributed by atoms with E-state index in [1.807, 2.05) is 24.3 Å². The van der Waals surface area contributed by atoms with Crippen molar-refractivity contribution < 1.29 is 13.9 Å². The van der Waals surface area contributed by atoms with Gasteiger partial charge in [-0.3, -0.25) is 4.79 Å². The number of fused-ring (bicyclic) bond motifs is 1. The largest absolute Gasteiger partial charge is 0.483 e. The van der Waals surface area contributed by atoms with Gasteiger partial charge in [0.25, 0.3) is 5.91 Å².